The molecular weight excluding hydrogens is 313 g/mol. The van der Waals surface area contributed by atoms with Crippen molar-refractivity contribution in [2.24, 2.45) is 5.92 Å². The molecule has 0 bridgehead atoms. The number of rotatable bonds is 4. The maximum atomic E-state index is 6.09. The van der Waals surface area contributed by atoms with Gasteiger partial charge in [-0.25, -0.2) is 4.98 Å². The molecule has 0 atom stereocenters. The number of anilines is 1. The van der Waals surface area contributed by atoms with Crippen LogP contribution < -0.4 is 4.90 Å². The van der Waals surface area contributed by atoms with Crippen molar-refractivity contribution in [3.63, 3.8) is 0 Å². The first-order valence-corrected chi connectivity index (χ1v) is 9.17. The number of halogens is 2. The quantitative estimate of drug-likeness (QED) is 0.780. The van der Waals surface area contributed by atoms with Crippen LogP contribution in [0.1, 0.15) is 30.6 Å². The Labute approximate surface area is 134 Å². The smallest absolute Gasteiger partial charge is 0.187 e. The average Bonchev–Trinajstić information content (AvgIpc) is 3.09. The van der Waals surface area contributed by atoms with Crippen molar-refractivity contribution in [1.29, 1.82) is 0 Å². The molecule has 112 valence electrons. The van der Waals surface area contributed by atoms with Crippen LogP contribution in [0.5, 0.6) is 0 Å². The van der Waals surface area contributed by atoms with Crippen LogP contribution in [-0.2, 0) is 5.88 Å². The number of hydrogen-bond acceptors (Lipinski definition) is 4. The monoisotopic (exact) mass is 333 g/mol. The number of alkyl halides is 1. The summed E-state index contributed by atoms with van der Waals surface area (Å²) >= 11 is 13.6. The maximum absolute atomic E-state index is 6.09. The van der Waals surface area contributed by atoms with Gasteiger partial charge in [0.25, 0.3) is 0 Å². The van der Waals surface area contributed by atoms with Crippen molar-refractivity contribution in [3.8, 4) is 0 Å². The highest BCUT2D eigenvalue weighted by Crippen LogP contribution is 2.33. The number of hydrogen-bond donors (Lipinski definition) is 0. The number of likely N-dealkylation sites (tertiary alicyclic amines) is 1. The normalized spacial score (nSPS) is 21.8. The molecule has 0 aromatic carbocycles. The van der Waals surface area contributed by atoms with E-state index in [0.29, 0.717) is 11.0 Å². The van der Waals surface area contributed by atoms with Gasteiger partial charge in [0.05, 0.1) is 10.8 Å². The van der Waals surface area contributed by atoms with Gasteiger partial charge in [0.1, 0.15) is 5.15 Å². The zero-order valence-electron chi connectivity index (χ0n) is 11.7. The lowest BCUT2D eigenvalue weighted by molar-refractivity contribution is 0.249. The summed E-state index contributed by atoms with van der Waals surface area (Å²) in [6.45, 7) is 6.11. The van der Waals surface area contributed by atoms with Gasteiger partial charge in [0.2, 0.25) is 0 Å². The number of piperidine rings is 1. The lowest BCUT2D eigenvalue weighted by Crippen LogP contribution is -2.38. The Morgan fingerprint density at radius 3 is 2.45 bits per heavy atom. The fourth-order valence-corrected chi connectivity index (χ4v) is 4.70. The van der Waals surface area contributed by atoms with Gasteiger partial charge in [-0.1, -0.05) is 22.9 Å². The highest BCUT2D eigenvalue weighted by Gasteiger charge is 2.24. The van der Waals surface area contributed by atoms with Crippen LogP contribution in [0.25, 0.3) is 0 Å². The Bertz CT molecular complexity index is 438. The lowest BCUT2D eigenvalue weighted by Gasteiger charge is -2.33. The van der Waals surface area contributed by atoms with Gasteiger partial charge in [0, 0.05) is 19.6 Å². The minimum absolute atomic E-state index is 0.460. The van der Waals surface area contributed by atoms with Crippen molar-refractivity contribution in [2.45, 2.75) is 31.6 Å². The maximum Gasteiger partial charge on any atom is 0.187 e. The molecule has 2 aliphatic heterocycles. The highest BCUT2D eigenvalue weighted by atomic mass is 35.5. The summed E-state index contributed by atoms with van der Waals surface area (Å²) in [7, 11) is 0. The first-order valence-electron chi connectivity index (χ1n) is 7.44. The van der Waals surface area contributed by atoms with Crippen LogP contribution in [0, 0.1) is 5.92 Å². The van der Waals surface area contributed by atoms with Gasteiger partial charge in [-0.3, -0.25) is 0 Å². The number of nitrogens with zero attached hydrogens (tertiary/aromatic N) is 3. The molecule has 0 amide bonds. The van der Waals surface area contributed by atoms with E-state index < -0.39 is 0 Å². The van der Waals surface area contributed by atoms with Crippen LogP contribution in [0.3, 0.4) is 0 Å². The first kappa shape index (κ1) is 14.9. The van der Waals surface area contributed by atoms with Crippen LogP contribution >= 0.6 is 34.5 Å². The summed E-state index contributed by atoms with van der Waals surface area (Å²) in [5, 5.41) is 1.63. The zero-order chi connectivity index (χ0) is 13.9. The SMILES string of the molecule is ClCc1sc(N2CCC(CN3CCCC3)CC2)nc1Cl. The average molecular weight is 334 g/mol. The predicted octanol–water partition coefficient (Wildman–Crippen LogP) is 3.85. The fourth-order valence-electron chi connectivity index (χ4n) is 3.18. The molecule has 0 N–H and O–H groups in total. The molecular formula is C14H21Cl2N3S. The Kier molecular flexibility index (Phi) is 5.08. The Morgan fingerprint density at radius 1 is 1.15 bits per heavy atom. The number of thiazole rings is 1. The van der Waals surface area contributed by atoms with E-state index >= 15 is 0 Å². The molecule has 0 saturated carbocycles. The standard InChI is InChI=1S/C14H21Cl2N3S/c15-9-12-13(16)17-14(20-12)19-7-3-11(4-8-19)10-18-5-1-2-6-18/h11H,1-10H2. The Morgan fingerprint density at radius 2 is 1.85 bits per heavy atom. The molecule has 0 unspecified atom stereocenters. The fraction of sp³-hybridized carbons (Fsp3) is 0.786. The minimum atomic E-state index is 0.460. The molecule has 6 heteroatoms. The van der Waals surface area contributed by atoms with E-state index in [9.17, 15) is 0 Å². The van der Waals surface area contributed by atoms with Gasteiger partial charge in [-0.05, 0) is 44.7 Å². The van der Waals surface area contributed by atoms with E-state index in [4.69, 9.17) is 23.2 Å². The molecule has 0 aliphatic carbocycles. The van der Waals surface area contributed by atoms with E-state index in [1.54, 1.807) is 11.3 Å². The topological polar surface area (TPSA) is 19.4 Å². The van der Waals surface area contributed by atoms with Gasteiger partial charge in [-0.15, -0.1) is 11.6 Å². The van der Waals surface area contributed by atoms with Gasteiger partial charge >= 0.3 is 0 Å². The van der Waals surface area contributed by atoms with Crippen molar-refractivity contribution >= 4 is 39.7 Å². The van der Waals surface area contributed by atoms with E-state index in [1.165, 1.54) is 45.3 Å². The van der Waals surface area contributed by atoms with Gasteiger partial charge in [0.15, 0.2) is 5.13 Å². The Hall–Kier alpha value is -0.0300. The zero-order valence-corrected chi connectivity index (χ0v) is 14.0. The summed E-state index contributed by atoms with van der Waals surface area (Å²) in [5.74, 6) is 1.31. The first-order chi connectivity index (χ1) is 9.76. The van der Waals surface area contributed by atoms with Crippen molar-refractivity contribution in [3.05, 3.63) is 10.0 Å². The largest absolute Gasteiger partial charge is 0.348 e. The highest BCUT2D eigenvalue weighted by molar-refractivity contribution is 7.16. The molecule has 2 fully saturated rings. The predicted molar refractivity (Wildman–Crippen MR) is 87.3 cm³/mol. The lowest BCUT2D eigenvalue weighted by atomic mass is 9.96. The third-order valence-electron chi connectivity index (χ3n) is 4.36. The third-order valence-corrected chi connectivity index (χ3v) is 6.33. The molecule has 0 spiro atoms. The molecule has 2 aliphatic rings. The second-order valence-electron chi connectivity index (χ2n) is 5.78. The van der Waals surface area contributed by atoms with Crippen molar-refractivity contribution < 1.29 is 0 Å². The van der Waals surface area contributed by atoms with Gasteiger partial charge < -0.3 is 9.80 Å². The van der Waals surface area contributed by atoms with E-state index in [2.05, 4.69) is 14.8 Å². The molecule has 3 heterocycles. The van der Waals surface area contributed by atoms with Crippen LogP contribution in [0.15, 0.2) is 0 Å². The molecule has 0 radical (unpaired) electrons. The van der Waals surface area contributed by atoms with Crippen LogP contribution in [-0.4, -0.2) is 42.6 Å². The summed E-state index contributed by atoms with van der Waals surface area (Å²) in [6, 6.07) is 0. The molecule has 1 aromatic heterocycles. The van der Waals surface area contributed by atoms with E-state index in [-0.39, 0.29) is 0 Å². The molecule has 3 rings (SSSR count). The summed E-state index contributed by atoms with van der Waals surface area (Å²) in [5.41, 5.74) is 0. The molecule has 1 aromatic rings. The van der Waals surface area contributed by atoms with E-state index in [0.717, 1.165) is 29.0 Å². The van der Waals surface area contributed by atoms with Crippen molar-refractivity contribution in [1.82, 2.24) is 9.88 Å². The summed E-state index contributed by atoms with van der Waals surface area (Å²) in [4.78, 5) is 10.4. The summed E-state index contributed by atoms with van der Waals surface area (Å²) < 4.78 is 0. The molecule has 2 saturated heterocycles. The number of aromatic nitrogens is 1. The van der Waals surface area contributed by atoms with E-state index in [1.807, 2.05) is 0 Å². The second-order valence-corrected chi connectivity index (χ2v) is 7.47. The van der Waals surface area contributed by atoms with Gasteiger partial charge in [-0.2, -0.15) is 0 Å². The summed E-state index contributed by atoms with van der Waals surface area (Å²) in [6.07, 6.45) is 5.31. The van der Waals surface area contributed by atoms with Crippen LogP contribution in [0.4, 0.5) is 5.13 Å². The molecule has 3 nitrogen and oxygen atoms in total. The molecule has 20 heavy (non-hydrogen) atoms. The van der Waals surface area contributed by atoms with Crippen molar-refractivity contribution in [2.75, 3.05) is 37.6 Å². The minimum Gasteiger partial charge on any atom is -0.348 e. The van der Waals surface area contributed by atoms with Crippen LogP contribution in [0.2, 0.25) is 5.15 Å². The third kappa shape index (κ3) is 3.41. The Balaban J connectivity index is 1.52. The second kappa shape index (κ2) is 6.82.